The van der Waals surface area contributed by atoms with E-state index in [0.717, 1.165) is 13.0 Å². The monoisotopic (exact) mass is 199 g/mol. The van der Waals surface area contributed by atoms with Gasteiger partial charge >= 0.3 is 0 Å². The highest BCUT2D eigenvalue weighted by atomic mass is 32.1. The van der Waals surface area contributed by atoms with Gasteiger partial charge in [-0.25, -0.2) is 0 Å². The summed E-state index contributed by atoms with van der Waals surface area (Å²) in [5.41, 5.74) is -0.155. The molecule has 1 aromatic heterocycles. The van der Waals surface area contributed by atoms with Crippen molar-refractivity contribution < 1.29 is 5.11 Å². The molecule has 0 aromatic carbocycles. The van der Waals surface area contributed by atoms with E-state index in [1.807, 2.05) is 13.8 Å². The average molecular weight is 199 g/mol. The molecule has 0 aliphatic rings. The highest BCUT2D eigenvalue weighted by Gasteiger charge is 2.14. The van der Waals surface area contributed by atoms with Crippen LogP contribution in [0.5, 0.6) is 0 Å². The van der Waals surface area contributed by atoms with Crippen LogP contribution in [0.15, 0.2) is 17.5 Å². The van der Waals surface area contributed by atoms with Crippen LogP contribution in [-0.4, -0.2) is 23.8 Å². The van der Waals surface area contributed by atoms with Crippen molar-refractivity contribution in [2.45, 2.75) is 25.8 Å². The first-order chi connectivity index (χ1) is 6.14. The lowest BCUT2D eigenvalue weighted by Gasteiger charge is -2.23. The largest absolute Gasteiger partial charge is 0.394 e. The molecule has 0 atom stereocenters. The van der Waals surface area contributed by atoms with Crippen LogP contribution in [0.2, 0.25) is 0 Å². The van der Waals surface area contributed by atoms with Gasteiger partial charge in [0.2, 0.25) is 0 Å². The normalized spacial score (nSPS) is 11.9. The Hall–Kier alpha value is -0.380. The lowest BCUT2D eigenvalue weighted by molar-refractivity contribution is 0.189. The standard InChI is InChI=1S/C10H17NOS/c1-10(2,8-12)11-6-5-9-4-3-7-13-9/h3-4,7,11-12H,5-6,8H2,1-2H3. The van der Waals surface area contributed by atoms with E-state index in [-0.39, 0.29) is 12.1 Å². The van der Waals surface area contributed by atoms with E-state index in [2.05, 4.69) is 22.8 Å². The predicted octanol–water partition coefficient (Wildman–Crippen LogP) is 1.65. The van der Waals surface area contributed by atoms with Gasteiger partial charge in [0.1, 0.15) is 0 Å². The van der Waals surface area contributed by atoms with Crippen molar-refractivity contribution in [1.29, 1.82) is 0 Å². The van der Waals surface area contributed by atoms with Crippen molar-refractivity contribution in [2.75, 3.05) is 13.2 Å². The summed E-state index contributed by atoms with van der Waals surface area (Å²) in [6, 6.07) is 4.20. The van der Waals surface area contributed by atoms with Crippen LogP contribution in [0, 0.1) is 0 Å². The first-order valence-corrected chi connectivity index (χ1v) is 5.40. The number of aliphatic hydroxyl groups excluding tert-OH is 1. The number of aliphatic hydroxyl groups is 1. The Bertz CT molecular complexity index is 231. The molecule has 0 amide bonds. The Kier molecular flexibility index (Phi) is 3.90. The third-order valence-electron chi connectivity index (χ3n) is 1.95. The van der Waals surface area contributed by atoms with Crippen LogP contribution in [0.4, 0.5) is 0 Å². The third kappa shape index (κ3) is 3.89. The number of nitrogens with one attached hydrogen (secondary N) is 1. The number of thiophene rings is 1. The minimum atomic E-state index is -0.155. The number of hydrogen-bond acceptors (Lipinski definition) is 3. The summed E-state index contributed by atoms with van der Waals surface area (Å²) in [6.07, 6.45) is 1.04. The van der Waals surface area contributed by atoms with Gasteiger partial charge in [-0.05, 0) is 31.7 Å². The van der Waals surface area contributed by atoms with E-state index in [1.54, 1.807) is 11.3 Å². The molecule has 0 radical (unpaired) electrons. The molecule has 1 aromatic rings. The minimum absolute atomic E-state index is 0.155. The van der Waals surface area contributed by atoms with Gasteiger partial charge in [-0.3, -0.25) is 0 Å². The zero-order chi connectivity index (χ0) is 9.73. The van der Waals surface area contributed by atoms with Gasteiger partial charge in [-0.2, -0.15) is 0 Å². The van der Waals surface area contributed by atoms with Crippen LogP contribution >= 0.6 is 11.3 Å². The highest BCUT2D eigenvalue weighted by Crippen LogP contribution is 2.09. The van der Waals surface area contributed by atoms with E-state index in [9.17, 15) is 0 Å². The maximum absolute atomic E-state index is 8.99. The van der Waals surface area contributed by atoms with E-state index in [0.29, 0.717) is 0 Å². The molecular weight excluding hydrogens is 182 g/mol. The van der Waals surface area contributed by atoms with E-state index in [4.69, 9.17) is 5.11 Å². The van der Waals surface area contributed by atoms with Gasteiger partial charge in [0.25, 0.3) is 0 Å². The molecule has 0 spiro atoms. The molecule has 0 saturated heterocycles. The summed E-state index contributed by atoms with van der Waals surface area (Å²) in [5, 5.41) is 14.4. The quantitative estimate of drug-likeness (QED) is 0.756. The lowest BCUT2D eigenvalue weighted by Crippen LogP contribution is -2.43. The molecule has 3 heteroatoms. The Balaban J connectivity index is 2.21. The smallest absolute Gasteiger partial charge is 0.0607 e. The maximum Gasteiger partial charge on any atom is 0.0607 e. The fourth-order valence-corrected chi connectivity index (χ4v) is 1.74. The Labute approximate surface area is 83.6 Å². The fourth-order valence-electron chi connectivity index (χ4n) is 1.03. The van der Waals surface area contributed by atoms with Gasteiger partial charge in [0.05, 0.1) is 6.61 Å². The highest BCUT2D eigenvalue weighted by molar-refractivity contribution is 7.09. The summed E-state index contributed by atoms with van der Waals surface area (Å²) in [5.74, 6) is 0. The van der Waals surface area contributed by atoms with Crippen molar-refractivity contribution in [1.82, 2.24) is 5.32 Å². The second kappa shape index (κ2) is 4.74. The van der Waals surface area contributed by atoms with Gasteiger partial charge in [-0.15, -0.1) is 11.3 Å². The van der Waals surface area contributed by atoms with E-state index >= 15 is 0 Å². The second-order valence-electron chi connectivity index (χ2n) is 3.80. The van der Waals surface area contributed by atoms with Crippen molar-refractivity contribution in [3.05, 3.63) is 22.4 Å². The minimum Gasteiger partial charge on any atom is -0.394 e. The molecule has 0 aliphatic heterocycles. The molecule has 0 bridgehead atoms. The van der Waals surface area contributed by atoms with Crippen molar-refractivity contribution >= 4 is 11.3 Å². The Morgan fingerprint density at radius 3 is 2.85 bits per heavy atom. The predicted molar refractivity (Wildman–Crippen MR) is 57.2 cm³/mol. The van der Waals surface area contributed by atoms with E-state index in [1.165, 1.54) is 4.88 Å². The van der Waals surface area contributed by atoms with Gasteiger partial charge < -0.3 is 10.4 Å². The second-order valence-corrected chi connectivity index (χ2v) is 4.83. The number of rotatable bonds is 5. The molecule has 2 nitrogen and oxygen atoms in total. The topological polar surface area (TPSA) is 32.3 Å². The van der Waals surface area contributed by atoms with Gasteiger partial charge in [0.15, 0.2) is 0 Å². The molecule has 2 N–H and O–H groups in total. The van der Waals surface area contributed by atoms with Crippen LogP contribution < -0.4 is 5.32 Å². The lowest BCUT2D eigenvalue weighted by atomic mass is 10.1. The van der Waals surface area contributed by atoms with Crippen molar-refractivity contribution in [2.24, 2.45) is 0 Å². The van der Waals surface area contributed by atoms with Gasteiger partial charge in [-0.1, -0.05) is 6.07 Å². The molecule has 1 rings (SSSR count). The van der Waals surface area contributed by atoms with Crippen molar-refractivity contribution in [3.63, 3.8) is 0 Å². The van der Waals surface area contributed by atoms with Crippen LogP contribution in [0.25, 0.3) is 0 Å². The Morgan fingerprint density at radius 1 is 1.54 bits per heavy atom. The molecule has 0 saturated carbocycles. The number of hydrogen-bond donors (Lipinski definition) is 2. The molecule has 13 heavy (non-hydrogen) atoms. The van der Waals surface area contributed by atoms with Crippen molar-refractivity contribution in [3.8, 4) is 0 Å². The van der Waals surface area contributed by atoms with Crippen LogP contribution in [-0.2, 0) is 6.42 Å². The van der Waals surface area contributed by atoms with Crippen LogP contribution in [0.3, 0.4) is 0 Å². The zero-order valence-electron chi connectivity index (χ0n) is 8.21. The first-order valence-electron chi connectivity index (χ1n) is 4.52. The summed E-state index contributed by atoms with van der Waals surface area (Å²) < 4.78 is 0. The third-order valence-corrected chi connectivity index (χ3v) is 2.89. The zero-order valence-corrected chi connectivity index (χ0v) is 9.03. The first kappa shape index (κ1) is 10.7. The van der Waals surface area contributed by atoms with Crippen LogP contribution in [0.1, 0.15) is 18.7 Å². The molecule has 0 unspecified atom stereocenters. The maximum atomic E-state index is 8.99. The molecule has 0 fully saturated rings. The Morgan fingerprint density at radius 2 is 2.31 bits per heavy atom. The SMILES string of the molecule is CC(C)(CO)NCCc1cccs1. The summed E-state index contributed by atoms with van der Waals surface area (Å²) in [7, 11) is 0. The fraction of sp³-hybridized carbons (Fsp3) is 0.600. The van der Waals surface area contributed by atoms with Gasteiger partial charge in [0, 0.05) is 17.0 Å². The molecule has 0 aliphatic carbocycles. The summed E-state index contributed by atoms with van der Waals surface area (Å²) >= 11 is 1.78. The molecule has 74 valence electrons. The molecular formula is C10H17NOS. The molecule has 1 heterocycles. The summed E-state index contributed by atoms with van der Waals surface area (Å²) in [6.45, 7) is 5.11. The average Bonchev–Trinajstić information content (AvgIpc) is 2.57. The van der Waals surface area contributed by atoms with E-state index < -0.39 is 0 Å². The summed E-state index contributed by atoms with van der Waals surface area (Å²) in [4.78, 5) is 1.39.